The molecule has 1 heterocycles. The maximum Gasteiger partial charge on any atom is 0.245 e. The molecule has 0 aromatic heterocycles. The molecule has 1 fully saturated rings. The fourth-order valence-corrected chi connectivity index (χ4v) is 4.41. The van der Waals surface area contributed by atoms with Gasteiger partial charge < -0.3 is 0 Å². The first-order valence-corrected chi connectivity index (χ1v) is 8.80. The van der Waals surface area contributed by atoms with Crippen LogP contribution in [0.4, 0.5) is 0 Å². The van der Waals surface area contributed by atoms with Crippen LogP contribution in [0.25, 0.3) is 11.1 Å². The second-order valence-electron chi connectivity index (χ2n) is 6.94. The fraction of sp³-hybridized carbons (Fsp3) is 0.130. The molecule has 3 aromatic rings. The third-order valence-electron chi connectivity index (χ3n) is 5.58. The molecule has 3 nitrogen and oxygen atoms in total. The van der Waals surface area contributed by atoms with E-state index < -0.39 is 5.41 Å². The van der Waals surface area contributed by atoms with E-state index in [0.29, 0.717) is 6.54 Å². The summed E-state index contributed by atoms with van der Waals surface area (Å²) in [5, 5.41) is 0. The van der Waals surface area contributed by atoms with Crippen molar-refractivity contribution in [3.05, 3.63) is 95.6 Å². The summed E-state index contributed by atoms with van der Waals surface area (Å²) in [6.45, 7) is 0.324. The molecule has 1 aliphatic heterocycles. The molecule has 1 saturated heterocycles. The molecule has 1 spiro atoms. The zero-order valence-electron chi connectivity index (χ0n) is 14.2. The van der Waals surface area contributed by atoms with Gasteiger partial charge in [-0.2, -0.15) is 0 Å². The van der Waals surface area contributed by atoms with Gasteiger partial charge >= 0.3 is 0 Å². The van der Waals surface area contributed by atoms with Gasteiger partial charge in [0, 0.05) is 6.42 Å². The van der Waals surface area contributed by atoms with Gasteiger partial charge in [-0.3, -0.25) is 14.5 Å². The summed E-state index contributed by atoms with van der Waals surface area (Å²) >= 11 is 0. The van der Waals surface area contributed by atoms with Gasteiger partial charge in [-0.25, -0.2) is 0 Å². The Morgan fingerprint density at radius 3 is 1.88 bits per heavy atom. The van der Waals surface area contributed by atoms with Crippen molar-refractivity contribution in [2.45, 2.75) is 18.4 Å². The van der Waals surface area contributed by atoms with Crippen molar-refractivity contribution in [3.63, 3.8) is 0 Å². The molecule has 0 N–H and O–H groups in total. The van der Waals surface area contributed by atoms with E-state index >= 15 is 0 Å². The molecule has 1 aliphatic carbocycles. The number of carbonyl (C=O) groups is 2. The van der Waals surface area contributed by atoms with Gasteiger partial charge in [0.2, 0.25) is 11.8 Å². The van der Waals surface area contributed by atoms with Crippen LogP contribution in [0, 0.1) is 0 Å². The molecule has 0 saturated carbocycles. The Kier molecular flexibility index (Phi) is 3.13. The van der Waals surface area contributed by atoms with Gasteiger partial charge in [0.15, 0.2) is 0 Å². The molecule has 26 heavy (non-hydrogen) atoms. The van der Waals surface area contributed by atoms with Crippen molar-refractivity contribution >= 4 is 11.8 Å². The molecule has 126 valence electrons. The molecule has 0 unspecified atom stereocenters. The van der Waals surface area contributed by atoms with Crippen molar-refractivity contribution in [2.75, 3.05) is 0 Å². The summed E-state index contributed by atoms with van der Waals surface area (Å²) in [6.07, 6.45) is 0.201. The van der Waals surface area contributed by atoms with Crippen LogP contribution in [0.1, 0.15) is 23.1 Å². The number of carbonyl (C=O) groups excluding carboxylic acids is 2. The fourth-order valence-electron chi connectivity index (χ4n) is 4.41. The molecule has 0 radical (unpaired) electrons. The quantitative estimate of drug-likeness (QED) is 0.664. The number of hydrogen-bond donors (Lipinski definition) is 0. The highest BCUT2D eigenvalue weighted by Crippen LogP contribution is 2.54. The smallest absolute Gasteiger partial charge is 0.245 e. The molecular weight excluding hydrogens is 322 g/mol. The van der Waals surface area contributed by atoms with Crippen LogP contribution in [0.3, 0.4) is 0 Å². The SMILES string of the molecule is O=C1CC2(C(=O)N1Cc1ccccc1)c1ccccc1-c1ccccc12. The van der Waals surface area contributed by atoms with Gasteiger partial charge in [-0.05, 0) is 27.8 Å². The zero-order chi connectivity index (χ0) is 17.7. The minimum Gasteiger partial charge on any atom is -0.277 e. The predicted octanol–water partition coefficient (Wildman–Crippen LogP) is 3.91. The lowest BCUT2D eigenvalue weighted by atomic mass is 9.76. The van der Waals surface area contributed by atoms with E-state index in [-0.39, 0.29) is 18.2 Å². The van der Waals surface area contributed by atoms with Crippen molar-refractivity contribution in [1.29, 1.82) is 0 Å². The number of amides is 2. The molecule has 5 rings (SSSR count). The lowest BCUT2D eigenvalue weighted by Gasteiger charge is -2.24. The van der Waals surface area contributed by atoms with Crippen LogP contribution in [0.15, 0.2) is 78.9 Å². The third kappa shape index (κ3) is 1.88. The maximum atomic E-state index is 13.6. The van der Waals surface area contributed by atoms with Gasteiger partial charge in [-0.1, -0.05) is 78.9 Å². The van der Waals surface area contributed by atoms with Crippen molar-refractivity contribution in [3.8, 4) is 11.1 Å². The largest absolute Gasteiger partial charge is 0.277 e. The zero-order valence-corrected chi connectivity index (χ0v) is 14.2. The Balaban J connectivity index is 1.66. The number of imide groups is 1. The topological polar surface area (TPSA) is 37.4 Å². The molecular formula is C23H17NO2. The maximum absolute atomic E-state index is 13.6. The molecule has 3 heteroatoms. The summed E-state index contributed by atoms with van der Waals surface area (Å²) in [7, 11) is 0. The lowest BCUT2D eigenvalue weighted by Crippen LogP contribution is -2.37. The van der Waals surface area contributed by atoms with E-state index in [9.17, 15) is 9.59 Å². The predicted molar refractivity (Wildman–Crippen MR) is 99.3 cm³/mol. The summed E-state index contributed by atoms with van der Waals surface area (Å²) in [5.41, 5.74) is 4.12. The number of fused-ring (bicyclic) bond motifs is 5. The number of benzene rings is 3. The number of rotatable bonds is 2. The van der Waals surface area contributed by atoms with Crippen LogP contribution >= 0.6 is 0 Å². The first-order valence-electron chi connectivity index (χ1n) is 8.80. The van der Waals surface area contributed by atoms with Crippen LogP contribution in [0.5, 0.6) is 0 Å². The summed E-state index contributed by atoms with van der Waals surface area (Å²) in [6, 6.07) is 25.6. The van der Waals surface area contributed by atoms with E-state index in [1.165, 1.54) is 4.90 Å². The van der Waals surface area contributed by atoms with Gasteiger partial charge in [0.05, 0.1) is 6.54 Å². The summed E-state index contributed by atoms with van der Waals surface area (Å²) in [4.78, 5) is 27.9. The number of hydrogen-bond acceptors (Lipinski definition) is 2. The van der Waals surface area contributed by atoms with Crippen molar-refractivity contribution in [2.24, 2.45) is 0 Å². The Labute approximate surface area is 151 Å². The third-order valence-corrected chi connectivity index (χ3v) is 5.58. The lowest BCUT2D eigenvalue weighted by molar-refractivity contribution is -0.140. The number of likely N-dealkylation sites (tertiary alicyclic amines) is 1. The molecule has 2 amide bonds. The highest BCUT2D eigenvalue weighted by Gasteiger charge is 2.57. The molecule has 0 bridgehead atoms. The molecule has 0 atom stereocenters. The van der Waals surface area contributed by atoms with E-state index in [1.54, 1.807) is 0 Å². The summed E-state index contributed by atoms with van der Waals surface area (Å²) in [5.74, 6) is -0.214. The average Bonchev–Trinajstić information content (AvgIpc) is 3.11. The Morgan fingerprint density at radius 1 is 0.731 bits per heavy atom. The minimum absolute atomic E-state index is 0.106. The van der Waals surface area contributed by atoms with Crippen LogP contribution in [-0.2, 0) is 21.5 Å². The van der Waals surface area contributed by atoms with Crippen LogP contribution < -0.4 is 0 Å². The van der Waals surface area contributed by atoms with E-state index in [0.717, 1.165) is 27.8 Å². The van der Waals surface area contributed by atoms with Gasteiger partial charge in [0.25, 0.3) is 0 Å². The monoisotopic (exact) mass is 339 g/mol. The van der Waals surface area contributed by atoms with Crippen LogP contribution in [0.2, 0.25) is 0 Å². The number of nitrogens with zero attached hydrogens (tertiary/aromatic N) is 1. The highest BCUT2D eigenvalue weighted by molar-refractivity contribution is 6.14. The second-order valence-corrected chi connectivity index (χ2v) is 6.94. The van der Waals surface area contributed by atoms with Crippen LogP contribution in [-0.4, -0.2) is 16.7 Å². The molecule has 3 aromatic carbocycles. The highest BCUT2D eigenvalue weighted by atomic mass is 16.2. The van der Waals surface area contributed by atoms with Gasteiger partial charge in [0.1, 0.15) is 5.41 Å². The van der Waals surface area contributed by atoms with E-state index in [2.05, 4.69) is 0 Å². The Bertz CT molecular complexity index is 993. The normalized spacial score (nSPS) is 16.8. The van der Waals surface area contributed by atoms with Gasteiger partial charge in [-0.15, -0.1) is 0 Å². The average molecular weight is 339 g/mol. The molecule has 2 aliphatic rings. The van der Waals surface area contributed by atoms with Crippen molar-refractivity contribution < 1.29 is 9.59 Å². The van der Waals surface area contributed by atoms with E-state index in [4.69, 9.17) is 0 Å². The minimum atomic E-state index is -0.876. The first-order chi connectivity index (χ1) is 12.7. The van der Waals surface area contributed by atoms with E-state index in [1.807, 2.05) is 78.9 Å². The standard InChI is InChI=1S/C23H17NO2/c25-21-14-23(22(26)24(21)15-16-8-2-1-3-9-16)19-12-6-4-10-17(19)18-11-5-7-13-20(18)23/h1-13H,14-15H2. The van der Waals surface area contributed by atoms with Crippen molar-refractivity contribution in [1.82, 2.24) is 4.90 Å². The second kappa shape index (κ2) is 5.40. The summed E-state index contributed by atoms with van der Waals surface area (Å²) < 4.78 is 0. The first kappa shape index (κ1) is 15.1. The Hall–Kier alpha value is -3.20. The Morgan fingerprint density at radius 2 is 1.27 bits per heavy atom.